The van der Waals surface area contributed by atoms with Crippen molar-refractivity contribution in [3.8, 4) is 45.9 Å². The van der Waals surface area contributed by atoms with Crippen LogP contribution in [0.4, 0.5) is 17.6 Å². The van der Waals surface area contributed by atoms with E-state index in [0.29, 0.717) is 66.5 Å². The molecule has 0 spiro atoms. The van der Waals surface area contributed by atoms with Crippen LogP contribution in [0.25, 0.3) is 56.2 Å². The second-order valence-corrected chi connectivity index (χ2v) is 23.5. The summed E-state index contributed by atoms with van der Waals surface area (Å²) in [6.07, 6.45) is 8.97. The van der Waals surface area contributed by atoms with Crippen LogP contribution >= 0.6 is 23.2 Å². The summed E-state index contributed by atoms with van der Waals surface area (Å²) in [5.41, 5.74) is 1.04. The van der Waals surface area contributed by atoms with Gasteiger partial charge >= 0.3 is 11.9 Å². The number of pyridine rings is 4. The molecule has 27 heteroatoms. The first kappa shape index (κ1) is 62.8. The number of methoxy groups -OCH3 is 2. The zero-order valence-electron chi connectivity index (χ0n) is 50.5. The number of hydrogen-bond acceptors (Lipinski definition) is 17. The molecule has 0 aliphatic rings. The average molecular weight is 1300 g/mol. The second-order valence-electron chi connectivity index (χ2n) is 22.7. The first-order valence-corrected chi connectivity index (χ1v) is 29.5. The van der Waals surface area contributed by atoms with Crippen molar-refractivity contribution < 1.29 is 50.8 Å². The van der Waals surface area contributed by atoms with Crippen molar-refractivity contribution in [2.45, 2.75) is 78.0 Å². The fourth-order valence-electron chi connectivity index (χ4n) is 10.1. The molecule has 0 saturated heterocycles. The maximum atomic E-state index is 16.3. The number of fused-ring (bicyclic) bond motifs is 2. The molecule has 0 aliphatic carbocycles. The number of carbonyl (C=O) groups excluding carboxylic acids is 2. The number of rotatable bonds is 22. The number of carbonyl (C=O) groups is 2. The molecule has 8 heterocycles. The van der Waals surface area contributed by atoms with E-state index in [4.69, 9.17) is 56.9 Å². The van der Waals surface area contributed by atoms with Crippen LogP contribution in [-0.4, -0.2) is 106 Å². The van der Waals surface area contributed by atoms with Crippen LogP contribution in [0, 0.1) is 23.3 Å². The Kier molecular flexibility index (Phi) is 17.6. The Labute approximate surface area is 537 Å². The second kappa shape index (κ2) is 26.1. The van der Waals surface area contributed by atoms with Gasteiger partial charge in [0.15, 0.2) is 11.6 Å². The van der Waals surface area contributed by atoms with Crippen molar-refractivity contribution in [1.82, 2.24) is 69.0 Å². The highest BCUT2D eigenvalue weighted by Gasteiger charge is 2.28. The lowest BCUT2D eigenvalue weighted by atomic mass is 10.0. The molecule has 0 radical (unpaired) electrons. The number of hydrogen-bond donors (Lipinski definition) is 0. The van der Waals surface area contributed by atoms with Gasteiger partial charge in [0, 0.05) is 86.0 Å². The Bertz CT molecular complexity index is 4520. The third-order valence-corrected chi connectivity index (χ3v) is 16.1. The maximum absolute atomic E-state index is 16.3. The van der Waals surface area contributed by atoms with Gasteiger partial charge in [-0.1, -0.05) is 45.8 Å². The van der Waals surface area contributed by atoms with E-state index >= 15 is 17.6 Å². The maximum Gasteiger partial charge on any atom is 0.346 e. The number of esters is 2. The van der Waals surface area contributed by atoms with Gasteiger partial charge in [-0.15, -0.1) is 10.2 Å². The Balaban J connectivity index is 0.749. The van der Waals surface area contributed by atoms with Gasteiger partial charge in [-0.2, -0.15) is 0 Å². The molecule has 0 saturated carbocycles. The lowest BCUT2D eigenvalue weighted by Gasteiger charge is -2.25. The summed E-state index contributed by atoms with van der Waals surface area (Å²) >= 11 is 13.0. The molecule has 472 valence electrons. The van der Waals surface area contributed by atoms with E-state index < -0.39 is 46.4 Å². The molecule has 12 aromatic rings. The van der Waals surface area contributed by atoms with Crippen molar-refractivity contribution in [3.63, 3.8) is 0 Å². The van der Waals surface area contributed by atoms with E-state index in [-0.39, 0.29) is 95.7 Å². The smallest absolute Gasteiger partial charge is 0.346 e. The first-order chi connectivity index (χ1) is 44.7. The monoisotopic (exact) mass is 1300 g/mol. The van der Waals surface area contributed by atoms with Gasteiger partial charge < -0.3 is 32.8 Å². The van der Waals surface area contributed by atoms with Gasteiger partial charge in [0.25, 0.3) is 0 Å². The van der Waals surface area contributed by atoms with Crippen molar-refractivity contribution in [2.24, 2.45) is 0 Å². The van der Waals surface area contributed by atoms with E-state index in [9.17, 15) is 9.59 Å². The molecular weight excluding hydrogens is 1250 g/mol. The SMILES string of the molecule is COC(C)(C)Cn1c(Cc2cc(F)c(-c3cccc(OCc4cnc(-n5ccnn5)cc4Cl)n3)cc2F)nc2ccc(C(=O)OC(=O)c3ccc4nc(Cc5cc(F)c(-c6cccc(OCc7cnc(-n8ccnn8)cc7Cl)n6)cc5F)n(CC(C)(C)OC)c4c3)cc21. The Morgan fingerprint density at radius 1 is 0.516 bits per heavy atom. The lowest BCUT2D eigenvalue weighted by Crippen LogP contribution is -2.30. The molecule has 0 aliphatic heterocycles. The molecule has 0 N–H and O–H groups in total. The minimum absolute atomic E-state index is 0.0158. The molecule has 0 amide bonds. The van der Waals surface area contributed by atoms with Crippen LogP contribution in [0.5, 0.6) is 11.8 Å². The van der Waals surface area contributed by atoms with E-state index in [1.54, 1.807) is 70.1 Å². The predicted octanol–water partition coefficient (Wildman–Crippen LogP) is 12.5. The van der Waals surface area contributed by atoms with E-state index in [1.807, 2.05) is 27.7 Å². The minimum atomic E-state index is -0.994. The lowest BCUT2D eigenvalue weighted by molar-refractivity contribution is 0.00823. The molecule has 93 heavy (non-hydrogen) atoms. The van der Waals surface area contributed by atoms with E-state index in [0.717, 1.165) is 24.3 Å². The Morgan fingerprint density at radius 3 is 1.33 bits per heavy atom. The molecule has 0 bridgehead atoms. The highest BCUT2D eigenvalue weighted by atomic mass is 35.5. The number of nitrogens with zero attached hydrogens (tertiary/aromatic N) is 14. The largest absolute Gasteiger partial charge is 0.473 e. The van der Waals surface area contributed by atoms with Crippen molar-refractivity contribution >= 4 is 57.2 Å². The van der Waals surface area contributed by atoms with E-state index in [1.165, 1.54) is 84.8 Å². The summed E-state index contributed by atoms with van der Waals surface area (Å²) in [4.78, 5) is 55.2. The summed E-state index contributed by atoms with van der Waals surface area (Å²) in [6.45, 7) is 7.59. The van der Waals surface area contributed by atoms with Crippen LogP contribution in [-0.2, 0) is 53.4 Å². The molecule has 4 aromatic carbocycles. The van der Waals surface area contributed by atoms with Crippen molar-refractivity contribution in [3.05, 3.63) is 225 Å². The molecule has 0 atom stereocenters. The average Bonchev–Trinajstić information content (AvgIpc) is 1.63. The highest BCUT2D eigenvalue weighted by Crippen LogP contribution is 2.33. The number of ether oxygens (including phenoxy) is 5. The fourth-order valence-corrected chi connectivity index (χ4v) is 10.5. The van der Waals surface area contributed by atoms with Crippen LogP contribution in [0.1, 0.15) is 82.3 Å². The van der Waals surface area contributed by atoms with Crippen molar-refractivity contribution in [1.29, 1.82) is 0 Å². The normalized spacial score (nSPS) is 11.9. The van der Waals surface area contributed by atoms with E-state index in [2.05, 4.69) is 40.6 Å². The van der Waals surface area contributed by atoms with Gasteiger partial charge in [-0.05, 0) is 112 Å². The van der Waals surface area contributed by atoms with Gasteiger partial charge in [-0.25, -0.2) is 66.4 Å². The summed E-state index contributed by atoms with van der Waals surface area (Å²) in [5, 5.41) is 16.1. The third kappa shape index (κ3) is 13.8. The standard InChI is InChI=1S/C66H54Cl2F4N14O7/c1-65(2,89-5)35-83-55-23-37(13-15-53(55)77-59(83)25-39-21-49(71)43(27-47(39)69)51-9-7-11-61(79-51)91-33-41-31-73-57(29-45(41)67)85-19-17-75-81-85)63(87)93-64(88)38-14-16-54-56(24-38)84(36-66(3,4)90-6)60(78-54)26-40-22-50(72)44(28-48(40)70)52-10-8-12-62(80-52)92-34-42-32-74-58(30-46(42)68)86-20-18-76-82-86/h7-24,27-32H,25-26,33-36H2,1-6H3. The number of aromatic nitrogens is 14. The van der Waals surface area contributed by atoms with Crippen LogP contribution < -0.4 is 9.47 Å². The van der Waals surface area contributed by atoms with Gasteiger partial charge in [0.1, 0.15) is 48.1 Å². The fraction of sp³-hybridized carbons (Fsp3) is 0.212. The number of benzene rings is 4. The van der Waals surface area contributed by atoms with Crippen LogP contribution in [0.3, 0.4) is 0 Å². The zero-order chi connectivity index (χ0) is 65.3. The van der Waals surface area contributed by atoms with Crippen LogP contribution in [0.2, 0.25) is 10.0 Å². The molecule has 8 aromatic heterocycles. The van der Waals surface area contributed by atoms with Crippen molar-refractivity contribution in [2.75, 3.05) is 14.2 Å². The van der Waals surface area contributed by atoms with Crippen LogP contribution in [0.15, 0.2) is 146 Å². The predicted molar refractivity (Wildman–Crippen MR) is 333 cm³/mol. The molecular formula is C66H54Cl2F4N14O7. The zero-order valence-corrected chi connectivity index (χ0v) is 52.0. The van der Waals surface area contributed by atoms with Gasteiger partial charge in [-0.3, -0.25) is 0 Å². The number of imidazole rings is 2. The molecule has 0 fully saturated rings. The summed E-state index contributed by atoms with van der Waals surface area (Å²) in [7, 11) is 3.06. The topological polar surface area (TPSA) is 229 Å². The first-order valence-electron chi connectivity index (χ1n) is 28.7. The minimum Gasteiger partial charge on any atom is -0.473 e. The van der Waals surface area contributed by atoms with Gasteiger partial charge in [0.2, 0.25) is 11.8 Å². The molecule has 21 nitrogen and oxygen atoms in total. The summed E-state index contributed by atoms with van der Waals surface area (Å²) < 4.78 is 100. The Hall–Kier alpha value is -10.3. The molecule has 12 rings (SSSR count). The van der Waals surface area contributed by atoms with Gasteiger partial charge in [0.05, 0.1) is 104 Å². The Morgan fingerprint density at radius 2 is 0.946 bits per heavy atom. The summed E-state index contributed by atoms with van der Waals surface area (Å²) in [6, 6.07) is 25.9. The third-order valence-electron chi connectivity index (χ3n) is 15.4. The summed E-state index contributed by atoms with van der Waals surface area (Å²) in [5.74, 6) is -3.16. The quantitative estimate of drug-likeness (QED) is 0.0349. The number of halogens is 6. The highest BCUT2D eigenvalue weighted by molar-refractivity contribution is 6.31. The molecule has 0 unspecified atom stereocenters.